The largest absolute Gasteiger partial charge is 0.369 e. The van der Waals surface area contributed by atoms with Gasteiger partial charge in [0.1, 0.15) is 19.3 Å². The summed E-state index contributed by atoms with van der Waals surface area (Å²) in [7, 11) is 9.25. The highest BCUT2D eigenvalue weighted by molar-refractivity contribution is 9.10. The molecular formula is C31H45BBrN5O2. The normalized spacial score (nSPS) is 12.6. The fraction of sp³-hybridized carbons (Fsp3) is 0.387. The quantitative estimate of drug-likeness (QED) is 0.187. The first-order valence-corrected chi connectivity index (χ1v) is 14.4. The fourth-order valence-corrected chi connectivity index (χ4v) is 4.30. The fourth-order valence-electron chi connectivity index (χ4n) is 3.79. The number of carbonyl (C=O) groups excluding carboxylic acids is 1. The number of fused-ring (bicyclic) bond motifs is 2. The summed E-state index contributed by atoms with van der Waals surface area (Å²) in [5, 5.41) is 11.2. The van der Waals surface area contributed by atoms with Gasteiger partial charge in [-0.2, -0.15) is 0 Å². The minimum atomic E-state index is -0.940. The van der Waals surface area contributed by atoms with E-state index in [9.17, 15) is 9.90 Å². The van der Waals surface area contributed by atoms with Crippen LogP contribution in [0.3, 0.4) is 0 Å². The van der Waals surface area contributed by atoms with Crippen molar-refractivity contribution < 1.29 is 9.90 Å². The van der Waals surface area contributed by atoms with Crippen LogP contribution in [-0.2, 0) is 7.05 Å². The molecule has 0 aromatic carbocycles. The molecule has 2 radical (unpaired) electrons. The molecule has 4 aromatic rings. The number of amides is 1. The number of pyridine rings is 2. The second-order valence-electron chi connectivity index (χ2n) is 7.93. The van der Waals surface area contributed by atoms with Gasteiger partial charge in [-0.15, -0.1) is 6.58 Å². The molecule has 0 saturated carbocycles. The number of hydrogen-bond donors (Lipinski definition) is 1. The minimum Gasteiger partial charge on any atom is -0.369 e. The van der Waals surface area contributed by atoms with Crippen molar-refractivity contribution in [2.45, 2.75) is 68.5 Å². The Labute approximate surface area is 250 Å². The summed E-state index contributed by atoms with van der Waals surface area (Å²) < 4.78 is 4.52. The molecule has 0 spiro atoms. The van der Waals surface area contributed by atoms with Gasteiger partial charge in [0, 0.05) is 59.5 Å². The molecule has 5 rings (SSSR count). The van der Waals surface area contributed by atoms with Gasteiger partial charge in [0.2, 0.25) is 0 Å². The Bertz CT molecular complexity index is 1340. The highest BCUT2D eigenvalue weighted by Gasteiger charge is 2.38. The molecule has 1 atom stereocenters. The topological polar surface area (TPSA) is 76.2 Å². The van der Waals surface area contributed by atoms with Crippen molar-refractivity contribution in [1.82, 2.24) is 24.0 Å². The smallest absolute Gasteiger partial charge is 0.260 e. The predicted molar refractivity (Wildman–Crippen MR) is 174 cm³/mol. The van der Waals surface area contributed by atoms with E-state index < -0.39 is 6.23 Å². The zero-order valence-electron chi connectivity index (χ0n) is 26.0. The van der Waals surface area contributed by atoms with E-state index in [1.54, 1.807) is 25.5 Å². The van der Waals surface area contributed by atoms with E-state index >= 15 is 0 Å². The molecule has 0 aliphatic carbocycles. The van der Waals surface area contributed by atoms with Crippen molar-refractivity contribution >= 4 is 46.2 Å². The molecule has 1 N–H and O–H groups in total. The van der Waals surface area contributed by atoms with Crippen molar-refractivity contribution in [3.8, 4) is 5.82 Å². The molecule has 0 fully saturated rings. The van der Waals surface area contributed by atoms with Crippen LogP contribution < -0.4 is 5.46 Å². The van der Waals surface area contributed by atoms with E-state index in [0.717, 1.165) is 27.9 Å². The third kappa shape index (κ3) is 8.18. The van der Waals surface area contributed by atoms with Crippen LogP contribution in [0.4, 0.5) is 0 Å². The number of nitrogens with zero attached hydrogens (tertiary/aromatic N) is 5. The molecular weight excluding hydrogens is 565 g/mol. The van der Waals surface area contributed by atoms with Crippen molar-refractivity contribution in [1.29, 1.82) is 0 Å². The van der Waals surface area contributed by atoms with Gasteiger partial charge in [-0.25, -0.2) is 9.97 Å². The predicted octanol–water partition coefficient (Wildman–Crippen LogP) is 6.97. The standard InChI is InChI=1S/C14H14BrN3O2.C8H7BN2.C3H6.3C2H6/c1-7-4-5-8(2)18(7)12-11-10(9(15)6-16-12)13(19)17(3)14(11)20;1-11-5-3-6-7(9)2-4-10-8(6)11;1-3-2;3*1-2/h4-6,13,19H,1-3H3;2-5H,1H3;3H,1H2,2H3;3*1-2H3. The lowest BCUT2D eigenvalue weighted by Crippen LogP contribution is -2.23. The summed E-state index contributed by atoms with van der Waals surface area (Å²) in [5.74, 6) is 0.348. The number of hydrogen-bond acceptors (Lipinski definition) is 4. The van der Waals surface area contributed by atoms with Crippen molar-refractivity contribution in [3.63, 3.8) is 0 Å². The maximum Gasteiger partial charge on any atom is 0.260 e. The highest BCUT2D eigenvalue weighted by atomic mass is 79.9. The molecule has 1 aliphatic rings. The summed E-state index contributed by atoms with van der Waals surface area (Å²) in [6.07, 6.45) is 6.11. The van der Waals surface area contributed by atoms with Gasteiger partial charge >= 0.3 is 0 Å². The van der Waals surface area contributed by atoms with Gasteiger partial charge in [-0.05, 0) is 54.9 Å². The van der Waals surface area contributed by atoms with Gasteiger partial charge in [0.25, 0.3) is 5.91 Å². The number of allylic oxidation sites excluding steroid dienone is 1. The Kier molecular flexibility index (Phi) is 16.8. The first kappa shape index (κ1) is 36.8. The van der Waals surface area contributed by atoms with Gasteiger partial charge in [0.05, 0.1) is 5.56 Å². The summed E-state index contributed by atoms with van der Waals surface area (Å²) in [5.41, 5.74) is 4.75. The van der Waals surface area contributed by atoms with E-state index in [4.69, 9.17) is 7.85 Å². The van der Waals surface area contributed by atoms with Gasteiger partial charge in [-0.1, -0.05) is 59.1 Å². The second kappa shape index (κ2) is 18.2. The molecule has 1 unspecified atom stereocenters. The third-order valence-corrected chi connectivity index (χ3v) is 6.13. The minimum absolute atomic E-state index is 0.219. The number of carbonyl (C=O) groups is 1. The molecule has 0 bridgehead atoms. The highest BCUT2D eigenvalue weighted by Crippen LogP contribution is 2.38. The van der Waals surface area contributed by atoms with Crippen LogP contribution in [0.2, 0.25) is 0 Å². The van der Waals surface area contributed by atoms with E-state index in [1.807, 2.05) is 109 Å². The van der Waals surface area contributed by atoms with Crippen molar-refractivity contribution in [2.24, 2.45) is 7.05 Å². The van der Waals surface area contributed by atoms with Gasteiger partial charge in [-0.3, -0.25) is 4.79 Å². The zero-order valence-corrected chi connectivity index (χ0v) is 27.5. The molecule has 0 saturated heterocycles. The van der Waals surface area contributed by atoms with Crippen LogP contribution in [0.25, 0.3) is 16.9 Å². The molecule has 216 valence electrons. The number of aromatic nitrogens is 4. The Hall–Kier alpha value is -3.17. The Balaban J connectivity index is 0.000000642. The lowest BCUT2D eigenvalue weighted by molar-refractivity contribution is 0.0299. The average molecular weight is 610 g/mol. The van der Waals surface area contributed by atoms with E-state index in [2.05, 4.69) is 32.5 Å². The molecule has 4 aromatic heterocycles. The molecule has 1 amide bonds. The van der Waals surface area contributed by atoms with Crippen LogP contribution in [-0.4, -0.2) is 49.9 Å². The summed E-state index contributed by atoms with van der Waals surface area (Å²) in [6.45, 7) is 21.2. The van der Waals surface area contributed by atoms with Crippen LogP contribution >= 0.6 is 15.9 Å². The van der Waals surface area contributed by atoms with Crippen molar-refractivity contribution in [3.05, 3.63) is 82.5 Å². The van der Waals surface area contributed by atoms with Gasteiger partial charge < -0.3 is 19.1 Å². The Morgan fingerprint density at radius 2 is 1.52 bits per heavy atom. The molecule has 1 aliphatic heterocycles. The van der Waals surface area contributed by atoms with E-state index in [1.165, 1.54) is 4.90 Å². The maximum absolute atomic E-state index is 12.4. The summed E-state index contributed by atoms with van der Waals surface area (Å²) in [4.78, 5) is 22.3. The first-order valence-electron chi connectivity index (χ1n) is 13.7. The number of aliphatic hydroxyl groups is 1. The van der Waals surface area contributed by atoms with E-state index in [0.29, 0.717) is 21.4 Å². The monoisotopic (exact) mass is 609 g/mol. The lowest BCUT2D eigenvalue weighted by Gasteiger charge is -2.14. The van der Waals surface area contributed by atoms with Crippen molar-refractivity contribution in [2.75, 3.05) is 7.05 Å². The molecule has 9 heteroatoms. The summed E-state index contributed by atoms with van der Waals surface area (Å²) in [6, 6.07) is 7.73. The maximum atomic E-state index is 12.4. The SMILES string of the molecule is C=CC.CC.CC.CC.Cc1ccc(C)n1-c1ncc(Br)c2c1C(=O)N(C)C2O.[B]c1ccnc2c1ccn2C. The number of aliphatic hydroxyl groups excluding tert-OH is 1. The van der Waals surface area contributed by atoms with Crippen LogP contribution in [0, 0.1) is 13.8 Å². The number of rotatable bonds is 1. The van der Waals surface area contributed by atoms with Gasteiger partial charge in [0.15, 0.2) is 6.23 Å². The van der Waals surface area contributed by atoms with Crippen LogP contribution in [0.1, 0.15) is 82.0 Å². The lowest BCUT2D eigenvalue weighted by atomic mass is 9.94. The number of halogens is 1. The summed E-state index contributed by atoms with van der Waals surface area (Å²) >= 11 is 3.37. The third-order valence-electron chi connectivity index (χ3n) is 5.49. The second-order valence-corrected chi connectivity index (χ2v) is 8.79. The molecule has 7 nitrogen and oxygen atoms in total. The van der Waals surface area contributed by atoms with Crippen LogP contribution in [0.15, 0.2) is 60.0 Å². The molecule has 5 heterocycles. The average Bonchev–Trinajstić information content (AvgIpc) is 3.59. The first-order chi connectivity index (χ1) is 19.1. The molecule has 40 heavy (non-hydrogen) atoms. The van der Waals surface area contributed by atoms with E-state index in [-0.39, 0.29) is 5.91 Å². The number of aryl methyl sites for hydroxylation is 3. The Morgan fingerprint density at radius 1 is 1.00 bits per heavy atom. The Morgan fingerprint density at radius 3 is 2.02 bits per heavy atom. The zero-order chi connectivity index (χ0) is 31.2. The van der Waals surface area contributed by atoms with Crippen LogP contribution in [0.5, 0.6) is 0 Å².